The van der Waals surface area contributed by atoms with E-state index in [1.807, 2.05) is 21.7 Å². The highest BCUT2D eigenvalue weighted by Crippen LogP contribution is 2.26. The molecule has 1 fully saturated rings. The topological polar surface area (TPSA) is 96.2 Å². The van der Waals surface area contributed by atoms with Crippen molar-refractivity contribution in [3.05, 3.63) is 30.4 Å². The monoisotopic (exact) mass is 346 g/mol. The Kier molecular flexibility index (Phi) is 3.52. The van der Waals surface area contributed by atoms with Gasteiger partial charge >= 0.3 is 0 Å². The summed E-state index contributed by atoms with van der Waals surface area (Å²) in [6.45, 7) is 3.02. The van der Waals surface area contributed by atoms with Crippen LogP contribution in [-0.2, 0) is 16.3 Å². The summed E-state index contributed by atoms with van der Waals surface area (Å²) in [7, 11) is -2.91. The maximum Gasteiger partial charge on any atom is 0.165 e. The van der Waals surface area contributed by atoms with Crippen LogP contribution in [0, 0.1) is 0 Å². The summed E-state index contributed by atoms with van der Waals surface area (Å²) < 4.78 is 25.2. The van der Waals surface area contributed by atoms with Crippen molar-refractivity contribution in [3.63, 3.8) is 0 Å². The number of anilines is 1. The minimum Gasteiger partial charge on any atom is -0.354 e. The standard InChI is InChI=1S/C15H18N6O2S/c1-2-12-7-14(20-3-5-24(22,23)6-4-20)19-15-13(10-18-21(12)15)11-8-16-17-9-11/h7-10H,2-6H2,1H3,(H,16,17). The molecule has 0 spiro atoms. The fourth-order valence-corrected chi connectivity index (χ4v) is 4.17. The Morgan fingerprint density at radius 3 is 2.71 bits per heavy atom. The molecule has 0 aliphatic carbocycles. The third kappa shape index (κ3) is 2.54. The van der Waals surface area contributed by atoms with E-state index in [9.17, 15) is 8.42 Å². The molecule has 1 N–H and O–H groups in total. The van der Waals surface area contributed by atoms with Crippen LogP contribution in [0.1, 0.15) is 12.6 Å². The van der Waals surface area contributed by atoms with E-state index in [-0.39, 0.29) is 11.5 Å². The predicted octanol–water partition coefficient (Wildman–Crippen LogP) is 0.917. The van der Waals surface area contributed by atoms with Crippen LogP contribution in [0.15, 0.2) is 24.7 Å². The van der Waals surface area contributed by atoms with E-state index in [0.29, 0.717) is 13.1 Å². The normalized spacial score (nSPS) is 17.5. The quantitative estimate of drug-likeness (QED) is 0.757. The van der Waals surface area contributed by atoms with Crippen molar-refractivity contribution in [3.8, 4) is 11.1 Å². The Balaban J connectivity index is 1.81. The lowest BCUT2D eigenvalue weighted by Gasteiger charge is -2.28. The number of nitrogens with one attached hydrogen (secondary N) is 1. The van der Waals surface area contributed by atoms with Gasteiger partial charge in [-0.1, -0.05) is 6.92 Å². The van der Waals surface area contributed by atoms with Crippen molar-refractivity contribution >= 4 is 21.3 Å². The van der Waals surface area contributed by atoms with Crippen LogP contribution in [0.5, 0.6) is 0 Å². The Labute approximate surface area is 139 Å². The van der Waals surface area contributed by atoms with Crippen molar-refractivity contribution in [1.82, 2.24) is 24.8 Å². The molecule has 0 atom stereocenters. The van der Waals surface area contributed by atoms with Gasteiger partial charge in [-0.25, -0.2) is 17.9 Å². The van der Waals surface area contributed by atoms with Crippen LogP contribution < -0.4 is 4.90 Å². The first-order chi connectivity index (χ1) is 11.6. The molecule has 1 aliphatic heterocycles. The molecule has 4 rings (SSSR count). The molecular formula is C15H18N6O2S. The Morgan fingerprint density at radius 2 is 2.04 bits per heavy atom. The number of sulfone groups is 1. The number of aromatic nitrogens is 5. The fraction of sp³-hybridized carbons (Fsp3) is 0.400. The van der Waals surface area contributed by atoms with Crippen molar-refractivity contribution in [2.45, 2.75) is 13.3 Å². The number of nitrogens with zero attached hydrogens (tertiary/aromatic N) is 5. The Hall–Kier alpha value is -2.42. The summed E-state index contributed by atoms with van der Waals surface area (Å²) in [5, 5.41) is 11.2. The number of aryl methyl sites for hydroxylation is 1. The summed E-state index contributed by atoms with van der Waals surface area (Å²) in [4.78, 5) is 6.80. The van der Waals surface area contributed by atoms with E-state index in [4.69, 9.17) is 4.98 Å². The maximum atomic E-state index is 11.7. The third-order valence-corrected chi connectivity index (χ3v) is 5.98. The van der Waals surface area contributed by atoms with Gasteiger partial charge in [-0.05, 0) is 6.42 Å². The first-order valence-electron chi connectivity index (χ1n) is 7.89. The SMILES string of the molecule is CCc1cc(N2CCS(=O)(=O)CC2)nc2c(-c3cn[nH]c3)cnn12. The highest BCUT2D eigenvalue weighted by atomic mass is 32.2. The van der Waals surface area contributed by atoms with Crippen LogP contribution in [0.3, 0.4) is 0 Å². The summed E-state index contributed by atoms with van der Waals surface area (Å²) in [5.41, 5.74) is 3.64. The lowest BCUT2D eigenvalue weighted by Crippen LogP contribution is -2.40. The van der Waals surface area contributed by atoms with E-state index in [0.717, 1.165) is 34.7 Å². The number of fused-ring (bicyclic) bond motifs is 1. The third-order valence-electron chi connectivity index (χ3n) is 4.37. The molecule has 4 heterocycles. The fourth-order valence-electron chi connectivity index (χ4n) is 2.97. The Bertz CT molecular complexity index is 963. The van der Waals surface area contributed by atoms with Gasteiger partial charge < -0.3 is 4.90 Å². The second-order valence-corrected chi connectivity index (χ2v) is 8.18. The lowest BCUT2D eigenvalue weighted by molar-refractivity contribution is 0.586. The maximum absolute atomic E-state index is 11.7. The molecule has 1 saturated heterocycles. The van der Waals surface area contributed by atoms with Crippen LogP contribution in [0.4, 0.5) is 5.82 Å². The Morgan fingerprint density at radius 1 is 1.25 bits per heavy atom. The minimum atomic E-state index is -2.91. The minimum absolute atomic E-state index is 0.176. The van der Waals surface area contributed by atoms with Crippen LogP contribution >= 0.6 is 0 Å². The van der Waals surface area contributed by atoms with Gasteiger partial charge in [0.05, 0.1) is 23.9 Å². The molecule has 3 aromatic heterocycles. The first-order valence-corrected chi connectivity index (χ1v) is 9.72. The zero-order valence-corrected chi connectivity index (χ0v) is 14.1. The van der Waals surface area contributed by atoms with Crippen LogP contribution in [0.2, 0.25) is 0 Å². The van der Waals surface area contributed by atoms with E-state index >= 15 is 0 Å². The van der Waals surface area contributed by atoms with Crippen molar-refractivity contribution in [2.75, 3.05) is 29.5 Å². The van der Waals surface area contributed by atoms with Crippen molar-refractivity contribution < 1.29 is 8.42 Å². The number of hydrogen-bond acceptors (Lipinski definition) is 6. The smallest absolute Gasteiger partial charge is 0.165 e. The molecule has 24 heavy (non-hydrogen) atoms. The molecule has 8 nitrogen and oxygen atoms in total. The molecule has 1 aliphatic rings. The van der Waals surface area contributed by atoms with Gasteiger partial charge in [0.25, 0.3) is 0 Å². The molecule has 0 bridgehead atoms. The van der Waals surface area contributed by atoms with Crippen LogP contribution in [0.25, 0.3) is 16.8 Å². The average Bonchev–Trinajstić information content (AvgIpc) is 3.22. The molecule has 3 aromatic rings. The van der Waals surface area contributed by atoms with Gasteiger partial charge in [0.1, 0.15) is 5.82 Å². The first kappa shape index (κ1) is 15.1. The molecule has 0 saturated carbocycles. The summed E-state index contributed by atoms with van der Waals surface area (Å²) in [5.74, 6) is 1.16. The zero-order valence-electron chi connectivity index (χ0n) is 13.3. The number of aromatic amines is 1. The van der Waals surface area contributed by atoms with Gasteiger partial charge in [-0.15, -0.1) is 0 Å². The zero-order chi connectivity index (χ0) is 16.7. The van der Waals surface area contributed by atoms with Crippen LogP contribution in [-0.4, -0.2) is 57.8 Å². The molecular weight excluding hydrogens is 328 g/mol. The molecule has 0 unspecified atom stereocenters. The summed E-state index contributed by atoms with van der Waals surface area (Å²) in [6.07, 6.45) is 6.15. The number of hydrogen-bond donors (Lipinski definition) is 1. The van der Waals surface area contributed by atoms with Gasteiger partial charge in [-0.3, -0.25) is 5.10 Å². The molecule has 9 heteroatoms. The predicted molar refractivity (Wildman–Crippen MR) is 90.8 cm³/mol. The van der Waals surface area contributed by atoms with Crippen molar-refractivity contribution in [2.24, 2.45) is 0 Å². The number of rotatable bonds is 3. The summed E-state index contributed by atoms with van der Waals surface area (Å²) >= 11 is 0. The van der Waals surface area contributed by atoms with Gasteiger partial charge in [-0.2, -0.15) is 10.2 Å². The second-order valence-electron chi connectivity index (χ2n) is 5.88. The molecule has 0 radical (unpaired) electrons. The van der Waals surface area contributed by atoms with Gasteiger partial charge in [0, 0.05) is 42.2 Å². The van der Waals surface area contributed by atoms with Crippen molar-refractivity contribution in [1.29, 1.82) is 0 Å². The molecule has 126 valence electrons. The summed E-state index contributed by atoms with van der Waals surface area (Å²) in [6, 6.07) is 2.00. The molecule has 0 aromatic carbocycles. The van der Waals surface area contributed by atoms with E-state index in [2.05, 4.69) is 22.2 Å². The van der Waals surface area contributed by atoms with E-state index in [1.54, 1.807) is 12.4 Å². The van der Waals surface area contributed by atoms with E-state index in [1.165, 1.54) is 0 Å². The number of H-pyrrole nitrogens is 1. The average molecular weight is 346 g/mol. The highest BCUT2D eigenvalue weighted by Gasteiger charge is 2.24. The second kappa shape index (κ2) is 5.59. The lowest BCUT2D eigenvalue weighted by atomic mass is 10.2. The highest BCUT2D eigenvalue weighted by molar-refractivity contribution is 7.91. The largest absolute Gasteiger partial charge is 0.354 e. The van der Waals surface area contributed by atoms with Gasteiger partial charge in [0.15, 0.2) is 15.5 Å². The molecule has 0 amide bonds. The van der Waals surface area contributed by atoms with Gasteiger partial charge in [0.2, 0.25) is 0 Å². The van der Waals surface area contributed by atoms with E-state index < -0.39 is 9.84 Å².